The molecule has 0 amide bonds. The monoisotopic (exact) mass is 299 g/mol. The summed E-state index contributed by atoms with van der Waals surface area (Å²) in [5.41, 5.74) is 0. The minimum Gasteiger partial charge on any atom is -0.191 e. The van der Waals surface area contributed by atoms with Gasteiger partial charge in [-0.05, 0) is 11.6 Å². The predicted octanol–water partition coefficient (Wildman–Crippen LogP) is 3.98. The van der Waals surface area contributed by atoms with Crippen LogP contribution in [0.25, 0.3) is 0 Å². The lowest BCUT2D eigenvalue weighted by molar-refractivity contribution is -0.254. The number of hydrogen-bond donors (Lipinski definition) is 0. The Labute approximate surface area is 91.1 Å². The van der Waals surface area contributed by atoms with Gasteiger partial charge in [0.2, 0.25) is 0 Å². The van der Waals surface area contributed by atoms with Crippen molar-refractivity contribution < 1.29 is 43.9 Å². The molecule has 0 atom stereocenters. The van der Waals surface area contributed by atoms with Crippen molar-refractivity contribution in [1.29, 1.82) is 0 Å². The van der Waals surface area contributed by atoms with Crippen molar-refractivity contribution in [2.45, 2.75) is 23.5 Å². The van der Waals surface area contributed by atoms with Crippen LogP contribution in [0.5, 0.6) is 0 Å². The van der Waals surface area contributed by atoms with Crippen molar-refractivity contribution >= 4 is 17.6 Å². The fourth-order valence-corrected chi connectivity index (χ4v) is 0.608. The van der Waals surface area contributed by atoms with Gasteiger partial charge in [0.15, 0.2) is 0 Å². The van der Waals surface area contributed by atoms with Gasteiger partial charge in [-0.1, -0.05) is 0 Å². The molecule has 0 aromatic rings. The molecule has 0 aromatic carbocycles. The number of aliphatic imine (C=N–C) groups is 1. The molecular weight excluding hydrogens is 299 g/mol. The van der Waals surface area contributed by atoms with Crippen molar-refractivity contribution in [1.82, 2.24) is 0 Å². The van der Waals surface area contributed by atoms with Crippen molar-refractivity contribution in [2.75, 3.05) is 0 Å². The van der Waals surface area contributed by atoms with E-state index in [1.165, 1.54) is 0 Å². The first-order chi connectivity index (χ1) is 7.13. The zero-order valence-corrected chi connectivity index (χ0v) is 7.86. The van der Waals surface area contributed by atoms with Gasteiger partial charge in [-0.2, -0.15) is 35.7 Å². The minimum absolute atomic E-state index is 0.589. The van der Waals surface area contributed by atoms with E-state index in [2.05, 4.69) is 11.6 Å². The molecule has 0 fully saturated rings. The Hall–Kier alpha value is -0.740. The van der Waals surface area contributed by atoms with Crippen LogP contribution in [0.4, 0.5) is 43.9 Å². The van der Waals surface area contributed by atoms with E-state index in [1.807, 2.05) is 0 Å². The average Bonchev–Trinajstić information content (AvgIpc) is 1.97. The molecular formula is C5ClF10N. The number of halogens is 11. The maximum atomic E-state index is 12.3. The third kappa shape index (κ3) is 3.36. The zero-order valence-electron chi connectivity index (χ0n) is 7.10. The average molecular weight is 299 g/mol. The highest BCUT2D eigenvalue weighted by Crippen LogP contribution is 2.49. The zero-order chi connectivity index (χ0) is 14.3. The van der Waals surface area contributed by atoms with Crippen LogP contribution in [0, 0.1) is 0 Å². The molecule has 12 heteroatoms. The van der Waals surface area contributed by atoms with Crippen molar-refractivity contribution in [3.63, 3.8) is 0 Å². The van der Waals surface area contributed by atoms with Crippen LogP contribution in [-0.4, -0.2) is 29.5 Å². The maximum Gasteiger partial charge on any atom is 0.505 e. The van der Waals surface area contributed by atoms with Gasteiger partial charge < -0.3 is 0 Å². The van der Waals surface area contributed by atoms with E-state index < -0.39 is 29.5 Å². The van der Waals surface area contributed by atoms with E-state index in [9.17, 15) is 43.9 Å². The molecule has 0 N–H and O–H groups in total. The Balaban J connectivity index is 5.51. The highest BCUT2D eigenvalue weighted by molar-refractivity contribution is 6.22. The van der Waals surface area contributed by atoms with Crippen LogP contribution < -0.4 is 0 Å². The van der Waals surface area contributed by atoms with Crippen LogP contribution in [0.2, 0.25) is 0 Å². The molecule has 0 unspecified atom stereocenters. The first-order valence-corrected chi connectivity index (χ1v) is 3.65. The van der Waals surface area contributed by atoms with E-state index in [0.29, 0.717) is 4.99 Å². The van der Waals surface area contributed by atoms with E-state index in [1.54, 1.807) is 0 Å². The summed E-state index contributed by atoms with van der Waals surface area (Å²) in [6, 6.07) is 0. The molecule has 0 radical (unpaired) electrons. The summed E-state index contributed by atoms with van der Waals surface area (Å²) in [4.78, 5) is 0.589. The van der Waals surface area contributed by atoms with Crippen molar-refractivity contribution in [3.8, 4) is 0 Å². The topological polar surface area (TPSA) is 12.4 Å². The second-order valence-electron chi connectivity index (χ2n) is 2.52. The van der Waals surface area contributed by atoms with Crippen molar-refractivity contribution in [2.24, 2.45) is 4.99 Å². The molecule has 0 spiro atoms. The SMILES string of the molecule is FC(=NC(F)(F)F)C(F)(F)C(F)(F)C(F)(F)Cl. The molecule has 0 rings (SSSR count). The normalized spacial score (nSPS) is 16.3. The fraction of sp³-hybridized carbons (Fsp3) is 0.800. The molecule has 0 heterocycles. The molecule has 0 saturated heterocycles. The Bertz CT molecular complexity index is 312. The van der Waals surface area contributed by atoms with Gasteiger partial charge in [-0.3, -0.25) is 0 Å². The number of rotatable bonds is 3. The third-order valence-electron chi connectivity index (χ3n) is 1.23. The van der Waals surface area contributed by atoms with Gasteiger partial charge >= 0.3 is 23.5 Å². The van der Waals surface area contributed by atoms with Gasteiger partial charge in [0.05, 0.1) is 0 Å². The van der Waals surface area contributed by atoms with Gasteiger partial charge in [-0.15, -0.1) is 13.2 Å². The summed E-state index contributed by atoms with van der Waals surface area (Å²) in [7, 11) is 0. The Morgan fingerprint density at radius 2 is 1.18 bits per heavy atom. The van der Waals surface area contributed by atoms with Gasteiger partial charge in [-0.25, -0.2) is 0 Å². The Morgan fingerprint density at radius 1 is 0.824 bits per heavy atom. The van der Waals surface area contributed by atoms with Crippen LogP contribution >= 0.6 is 11.6 Å². The van der Waals surface area contributed by atoms with E-state index in [0.717, 1.165) is 0 Å². The highest BCUT2D eigenvalue weighted by Gasteiger charge is 2.74. The van der Waals surface area contributed by atoms with Crippen molar-refractivity contribution in [3.05, 3.63) is 0 Å². The number of hydrogen-bond acceptors (Lipinski definition) is 1. The van der Waals surface area contributed by atoms with E-state index in [4.69, 9.17) is 0 Å². The summed E-state index contributed by atoms with van der Waals surface area (Å²) in [6.07, 6.45) is -5.97. The highest BCUT2D eigenvalue weighted by atomic mass is 35.5. The molecule has 0 bridgehead atoms. The Kier molecular flexibility index (Phi) is 3.99. The Morgan fingerprint density at radius 3 is 1.41 bits per heavy atom. The lowest BCUT2D eigenvalue weighted by Gasteiger charge is -2.27. The fourth-order valence-electron chi connectivity index (χ4n) is 0.489. The summed E-state index contributed by atoms with van der Waals surface area (Å²) in [6.45, 7) is 0. The first-order valence-electron chi connectivity index (χ1n) is 3.28. The lowest BCUT2D eigenvalue weighted by atomic mass is 10.2. The van der Waals surface area contributed by atoms with Gasteiger partial charge in [0, 0.05) is 0 Å². The lowest BCUT2D eigenvalue weighted by Crippen LogP contribution is -2.55. The number of alkyl halides is 10. The first kappa shape index (κ1) is 16.3. The second kappa shape index (κ2) is 4.18. The second-order valence-corrected chi connectivity index (χ2v) is 2.99. The quantitative estimate of drug-likeness (QED) is 0.323. The molecule has 0 saturated carbocycles. The van der Waals surface area contributed by atoms with Gasteiger partial charge in [0.25, 0.3) is 5.97 Å². The largest absolute Gasteiger partial charge is 0.505 e. The summed E-state index contributed by atoms with van der Waals surface area (Å²) in [5, 5.41) is -5.96. The molecule has 0 aliphatic heterocycles. The third-order valence-corrected chi connectivity index (χ3v) is 1.47. The van der Waals surface area contributed by atoms with Crippen LogP contribution in [0.15, 0.2) is 4.99 Å². The smallest absolute Gasteiger partial charge is 0.191 e. The summed E-state index contributed by atoms with van der Waals surface area (Å²) in [5.74, 6) is -17.1. The minimum atomic E-state index is -6.58. The molecule has 0 aliphatic rings. The maximum absolute atomic E-state index is 12.3. The molecule has 102 valence electrons. The molecule has 17 heavy (non-hydrogen) atoms. The van der Waals surface area contributed by atoms with Crippen LogP contribution in [0.3, 0.4) is 0 Å². The van der Waals surface area contributed by atoms with Crippen LogP contribution in [0.1, 0.15) is 0 Å². The summed E-state index contributed by atoms with van der Waals surface area (Å²) < 4.78 is 119. The molecule has 1 nitrogen and oxygen atoms in total. The molecule has 0 aromatic heterocycles. The van der Waals surface area contributed by atoms with Crippen LogP contribution in [-0.2, 0) is 0 Å². The molecule has 0 aliphatic carbocycles. The standard InChI is InChI=1S/C5ClF10N/c6-4(12,13)3(10,11)2(8,9)1(7)17-5(14,15)16. The number of nitrogens with zero attached hydrogens (tertiary/aromatic N) is 1. The predicted molar refractivity (Wildman–Crippen MR) is 35.3 cm³/mol. The summed E-state index contributed by atoms with van der Waals surface area (Å²) >= 11 is 3.56. The van der Waals surface area contributed by atoms with E-state index >= 15 is 0 Å². The van der Waals surface area contributed by atoms with Gasteiger partial charge in [0.1, 0.15) is 0 Å². The van der Waals surface area contributed by atoms with E-state index in [-0.39, 0.29) is 0 Å².